The van der Waals surface area contributed by atoms with Gasteiger partial charge < -0.3 is 14.8 Å². The molecule has 0 saturated heterocycles. The number of hydrogen-bond acceptors (Lipinski definition) is 5. The molecule has 0 saturated carbocycles. The summed E-state index contributed by atoms with van der Waals surface area (Å²) in [6, 6.07) is 0. The molecule has 98 valence electrons. The van der Waals surface area contributed by atoms with Crippen LogP contribution in [0.2, 0.25) is 0 Å². The molecule has 0 unspecified atom stereocenters. The smallest absolute Gasteiger partial charge is 0.204 e. The lowest BCUT2D eigenvalue weighted by Gasteiger charge is -2.12. The summed E-state index contributed by atoms with van der Waals surface area (Å²) in [4.78, 5) is 10.7. The Morgan fingerprint density at radius 2 is 2.22 bits per heavy atom. The predicted molar refractivity (Wildman–Crippen MR) is 75.1 cm³/mol. The van der Waals surface area contributed by atoms with Gasteiger partial charge in [0.25, 0.3) is 0 Å². The fourth-order valence-electron chi connectivity index (χ4n) is 1.80. The van der Waals surface area contributed by atoms with Crippen LogP contribution in [0.25, 0.3) is 0 Å². The van der Waals surface area contributed by atoms with Gasteiger partial charge in [-0.2, -0.15) is 0 Å². The number of nitrogens with zero attached hydrogens (tertiary/aromatic N) is 4. The number of hydrogen-bond donors (Lipinski definition) is 1. The number of rotatable bonds is 6. The first-order valence-corrected chi connectivity index (χ1v) is 6.83. The minimum absolute atomic E-state index is 0.836. The average molecular weight is 265 g/mol. The normalized spacial score (nSPS) is 10.8. The minimum atomic E-state index is 0.836. The Hall–Kier alpha value is -1.40. The molecule has 0 bridgehead atoms. The van der Waals surface area contributed by atoms with Crippen LogP contribution in [0.5, 0.6) is 0 Å². The van der Waals surface area contributed by atoms with Crippen molar-refractivity contribution < 1.29 is 0 Å². The molecule has 2 heterocycles. The standard InChI is InChI=1S/C12H19N5S/c1-16(2)12-15-9-10(17(12)3)8-13-5-4-11-14-6-7-18-11/h6-7,9,13H,4-5,8H2,1-3H3. The van der Waals surface area contributed by atoms with E-state index in [2.05, 4.69) is 19.9 Å². The molecular formula is C12H19N5S. The quantitative estimate of drug-likeness (QED) is 0.799. The highest BCUT2D eigenvalue weighted by Crippen LogP contribution is 2.10. The molecule has 2 aromatic heterocycles. The summed E-state index contributed by atoms with van der Waals surface area (Å²) in [7, 11) is 6.05. The van der Waals surface area contributed by atoms with Crippen LogP contribution in [-0.2, 0) is 20.0 Å². The Bertz CT molecular complexity index is 475. The van der Waals surface area contributed by atoms with Crippen molar-refractivity contribution in [3.8, 4) is 0 Å². The lowest BCUT2D eigenvalue weighted by Crippen LogP contribution is -2.20. The van der Waals surface area contributed by atoms with Gasteiger partial charge in [-0.15, -0.1) is 11.3 Å². The maximum Gasteiger partial charge on any atom is 0.204 e. The van der Waals surface area contributed by atoms with Crippen LogP contribution in [0.15, 0.2) is 17.8 Å². The third-order valence-corrected chi connectivity index (χ3v) is 3.60. The van der Waals surface area contributed by atoms with Gasteiger partial charge in [0.15, 0.2) is 0 Å². The monoisotopic (exact) mass is 265 g/mol. The molecule has 1 N–H and O–H groups in total. The molecule has 0 aliphatic heterocycles. The zero-order valence-corrected chi connectivity index (χ0v) is 11.9. The molecule has 0 aromatic carbocycles. The molecule has 0 aliphatic rings. The van der Waals surface area contributed by atoms with E-state index in [0.717, 1.165) is 25.5 Å². The lowest BCUT2D eigenvalue weighted by molar-refractivity contribution is 0.651. The second-order valence-corrected chi connectivity index (χ2v) is 5.33. The van der Waals surface area contributed by atoms with E-state index in [0.29, 0.717) is 0 Å². The zero-order chi connectivity index (χ0) is 13.0. The second-order valence-electron chi connectivity index (χ2n) is 4.36. The highest BCUT2D eigenvalue weighted by Gasteiger charge is 2.07. The number of aromatic nitrogens is 3. The van der Waals surface area contributed by atoms with E-state index in [1.54, 1.807) is 11.3 Å². The van der Waals surface area contributed by atoms with E-state index < -0.39 is 0 Å². The van der Waals surface area contributed by atoms with Gasteiger partial charge in [-0.3, -0.25) is 0 Å². The van der Waals surface area contributed by atoms with Gasteiger partial charge in [0.1, 0.15) is 0 Å². The summed E-state index contributed by atoms with van der Waals surface area (Å²) in [6.07, 6.45) is 4.76. The van der Waals surface area contributed by atoms with Crippen molar-refractivity contribution in [3.63, 3.8) is 0 Å². The van der Waals surface area contributed by atoms with Crippen molar-refractivity contribution >= 4 is 17.3 Å². The van der Waals surface area contributed by atoms with Crippen molar-refractivity contribution in [2.75, 3.05) is 25.5 Å². The molecule has 2 aromatic rings. The van der Waals surface area contributed by atoms with Crippen molar-refractivity contribution in [2.45, 2.75) is 13.0 Å². The van der Waals surface area contributed by atoms with E-state index in [1.807, 2.05) is 43.8 Å². The predicted octanol–water partition coefficient (Wildman–Crippen LogP) is 1.27. The van der Waals surface area contributed by atoms with E-state index >= 15 is 0 Å². The SMILES string of the molecule is CN(C)c1ncc(CNCCc2nccs2)n1C. The van der Waals surface area contributed by atoms with Gasteiger partial charge >= 0.3 is 0 Å². The van der Waals surface area contributed by atoms with E-state index in [9.17, 15) is 0 Å². The molecule has 2 rings (SSSR count). The molecule has 18 heavy (non-hydrogen) atoms. The Kier molecular flexibility index (Phi) is 4.33. The van der Waals surface area contributed by atoms with Crippen LogP contribution < -0.4 is 10.2 Å². The molecule has 0 spiro atoms. The molecule has 0 amide bonds. The van der Waals surface area contributed by atoms with Crippen LogP contribution in [0.1, 0.15) is 10.7 Å². The highest BCUT2D eigenvalue weighted by molar-refractivity contribution is 7.09. The maximum atomic E-state index is 4.38. The maximum absolute atomic E-state index is 4.38. The molecule has 5 nitrogen and oxygen atoms in total. The minimum Gasteiger partial charge on any atom is -0.348 e. The fraction of sp³-hybridized carbons (Fsp3) is 0.500. The molecule has 0 radical (unpaired) electrons. The summed E-state index contributed by atoms with van der Waals surface area (Å²) in [5, 5.41) is 6.62. The Morgan fingerprint density at radius 1 is 1.39 bits per heavy atom. The van der Waals surface area contributed by atoms with Gasteiger partial charge in [-0.25, -0.2) is 9.97 Å². The zero-order valence-electron chi connectivity index (χ0n) is 11.1. The van der Waals surface area contributed by atoms with Gasteiger partial charge in [0.2, 0.25) is 5.95 Å². The van der Waals surface area contributed by atoms with Crippen LogP contribution in [0, 0.1) is 0 Å². The van der Waals surface area contributed by atoms with Crippen LogP contribution in [0.4, 0.5) is 5.95 Å². The number of thiazole rings is 1. The van der Waals surface area contributed by atoms with Gasteiger partial charge in [-0.05, 0) is 0 Å². The first-order valence-electron chi connectivity index (χ1n) is 5.95. The van der Waals surface area contributed by atoms with Crippen LogP contribution in [0.3, 0.4) is 0 Å². The fourth-order valence-corrected chi connectivity index (χ4v) is 2.42. The average Bonchev–Trinajstić information content (AvgIpc) is 2.95. The summed E-state index contributed by atoms with van der Waals surface area (Å²) in [5.41, 5.74) is 1.19. The molecular weight excluding hydrogens is 246 g/mol. The van der Waals surface area contributed by atoms with Crippen molar-refractivity contribution in [1.82, 2.24) is 19.9 Å². The number of imidazole rings is 1. The topological polar surface area (TPSA) is 46.0 Å². The Morgan fingerprint density at radius 3 is 2.83 bits per heavy atom. The van der Waals surface area contributed by atoms with E-state index in [1.165, 1.54) is 10.7 Å². The lowest BCUT2D eigenvalue weighted by atomic mass is 10.4. The Labute approximate surface area is 111 Å². The molecule has 0 fully saturated rings. The molecule has 0 aliphatic carbocycles. The summed E-state index contributed by atoms with van der Waals surface area (Å²) in [6.45, 7) is 1.78. The van der Waals surface area contributed by atoms with E-state index in [4.69, 9.17) is 0 Å². The van der Waals surface area contributed by atoms with Crippen LogP contribution in [-0.4, -0.2) is 35.2 Å². The van der Waals surface area contributed by atoms with Gasteiger partial charge in [-0.1, -0.05) is 0 Å². The largest absolute Gasteiger partial charge is 0.348 e. The van der Waals surface area contributed by atoms with Gasteiger partial charge in [0.05, 0.1) is 16.9 Å². The van der Waals surface area contributed by atoms with Crippen molar-refractivity contribution in [1.29, 1.82) is 0 Å². The van der Waals surface area contributed by atoms with Gasteiger partial charge in [0, 0.05) is 52.2 Å². The van der Waals surface area contributed by atoms with E-state index in [-0.39, 0.29) is 0 Å². The third kappa shape index (κ3) is 3.08. The molecule has 6 heteroatoms. The second kappa shape index (κ2) is 5.97. The highest BCUT2D eigenvalue weighted by atomic mass is 32.1. The van der Waals surface area contributed by atoms with Crippen molar-refractivity contribution in [3.05, 3.63) is 28.5 Å². The summed E-state index contributed by atoms with van der Waals surface area (Å²) >= 11 is 1.71. The van der Waals surface area contributed by atoms with Crippen molar-refractivity contribution in [2.24, 2.45) is 7.05 Å². The number of anilines is 1. The number of nitrogens with one attached hydrogen (secondary N) is 1. The molecule has 0 atom stereocenters. The van der Waals surface area contributed by atoms with Crippen LogP contribution >= 0.6 is 11.3 Å². The summed E-state index contributed by atoms with van der Waals surface area (Å²) < 4.78 is 2.11. The summed E-state index contributed by atoms with van der Waals surface area (Å²) in [5.74, 6) is 0.978. The first kappa shape index (κ1) is 13.0. The Balaban J connectivity index is 1.80. The first-order chi connectivity index (χ1) is 8.68. The third-order valence-electron chi connectivity index (χ3n) is 2.77.